The van der Waals surface area contributed by atoms with E-state index in [1.807, 2.05) is 42.4 Å². The highest BCUT2D eigenvalue weighted by atomic mass is 16.2. The van der Waals surface area contributed by atoms with Crippen molar-refractivity contribution in [3.63, 3.8) is 0 Å². The van der Waals surface area contributed by atoms with Crippen LogP contribution in [-0.2, 0) is 0 Å². The van der Waals surface area contributed by atoms with Gasteiger partial charge < -0.3 is 9.88 Å². The Labute approximate surface area is 140 Å². The second-order valence-corrected chi connectivity index (χ2v) is 6.43. The van der Waals surface area contributed by atoms with Crippen LogP contribution < -0.4 is 0 Å². The molecule has 4 rings (SSSR count). The van der Waals surface area contributed by atoms with Gasteiger partial charge in [0.2, 0.25) is 0 Å². The van der Waals surface area contributed by atoms with Crippen molar-refractivity contribution in [1.29, 1.82) is 0 Å². The summed E-state index contributed by atoms with van der Waals surface area (Å²) in [4.78, 5) is 26.4. The zero-order chi connectivity index (χ0) is 16.5. The van der Waals surface area contributed by atoms with Crippen molar-refractivity contribution >= 4 is 16.8 Å². The summed E-state index contributed by atoms with van der Waals surface area (Å²) >= 11 is 0. The van der Waals surface area contributed by atoms with Crippen molar-refractivity contribution in [3.8, 4) is 11.4 Å². The quantitative estimate of drug-likeness (QED) is 0.801. The number of amides is 1. The molecule has 0 aliphatic heterocycles. The molecule has 2 heterocycles. The summed E-state index contributed by atoms with van der Waals surface area (Å²) in [6, 6.07) is 8.43. The van der Waals surface area contributed by atoms with Crippen LogP contribution in [0.1, 0.15) is 36.0 Å². The SMILES string of the molecule is CN(C(=O)c1cnc(-c2ccc3[nH]ccc3c2)nc1)C1CCCC1. The molecule has 0 radical (unpaired) electrons. The fourth-order valence-corrected chi connectivity index (χ4v) is 3.44. The first-order chi connectivity index (χ1) is 11.7. The lowest BCUT2D eigenvalue weighted by molar-refractivity contribution is 0.0734. The molecule has 0 bridgehead atoms. The molecule has 1 aliphatic carbocycles. The van der Waals surface area contributed by atoms with Gasteiger partial charge in [-0.2, -0.15) is 0 Å². The third kappa shape index (κ3) is 2.66. The van der Waals surface area contributed by atoms with Gasteiger partial charge in [0.05, 0.1) is 5.56 Å². The van der Waals surface area contributed by atoms with Gasteiger partial charge in [-0.1, -0.05) is 12.8 Å². The third-order valence-corrected chi connectivity index (χ3v) is 4.90. The number of benzene rings is 1. The summed E-state index contributed by atoms with van der Waals surface area (Å²) in [5, 5.41) is 1.12. The lowest BCUT2D eigenvalue weighted by Crippen LogP contribution is -2.35. The average molecular weight is 320 g/mol. The van der Waals surface area contributed by atoms with Gasteiger partial charge in [0, 0.05) is 48.1 Å². The molecule has 1 aliphatic rings. The number of nitrogens with zero attached hydrogens (tertiary/aromatic N) is 3. The Kier molecular flexibility index (Phi) is 3.76. The van der Waals surface area contributed by atoms with Crippen LogP contribution in [0.3, 0.4) is 0 Å². The van der Waals surface area contributed by atoms with Crippen molar-refractivity contribution in [3.05, 3.63) is 48.4 Å². The molecule has 2 aromatic heterocycles. The van der Waals surface area contributed by atoms with Crippen molar-refractivity contribution < 1.29 is 4.79 Å². The van der Waals surface area contributed by atoms with Crippen LogP contribution in [0.5, 0.6) is 0 Å². The standard InChI is InChI=1S/C19H20N4O/c1-23(16-4-2-3-5-16)19(24)15-11-21-18(22-12-15)14-6-7-17-13(10-14)8-9-20-17/h6-12,16,20H,2-5H2,1H3. The largest absolute Gasteiger partial charge is 0.361 e. The fourth-order valence-electron chi connectivity index (χ4n) is 3.44. The number of nitrogens with one attached hydrogen (secondary N) is 1. The number of aromatic nitrogens is 3. The van der Waals surface area contributed by atoms with Gasteiger partial charge in [-0.05, 0) is 37.1 Å². The first kappa shape index (κ1) is 14.9. The van der Waals surface area contributed by atoms with Gasteiger partial charge in [-0.15, -0.1) is 0 Å². The van der Waals surface area contributed by atoms with Crippen molar-refractivity contribution in [2.75, 3.05) is 7.05 Å². The van der Waals surface area contributed by atoms with E-state index in [0.29, 0.717) is 17.4 Å². The summed E-state index contributed by atoms with van der Waals surface area (Å²) in [6.07, 6.45) is 9.79. The van der Waals surface area contributed by atoms with E-state index in [2.05, 4.69) is 15.0 Å². The molecule has 24 heavy (non-hydrogen) atoms. The maximum absolute atomic E-state index is 12.6. The predicted octanol–water partition coefficient (Wildman–Crippen LogP) is 3.64. The highest BCUT2D eigenvalue weighted by Crippen LogP contribution is 2.24. The minimum Gasteiger partial charge on any atom is -0.361 e. The molecule has 1 aromatic carbocycles. The second kappa shape index (κ2) is 6.07. The van der Waals surface area contributed by atoms with E-state index in [1.165, 1.54) is 12.8 Å². The normalized spacial score (nSPS) is 15.0. The molecule has 1 saturated carbocycles. The zero-order valence-corrected chi connectivity index (χ0v) is 13.7. The van der Waals surface area contributed by atoms with Crippen LogP contribution in [0, 0.1) is 0 Å². The lowest BCUT2D eigenvalue weighted by atomic mass is 10.1. The van der Waals surface area contributed by atoms with Crippen LogP contribution >= 0.6 is 0 Å². The van der Waals surface area contributed by atoms with Crippen LogP contribution in [0.4, 0.5) is 0 Å². The fraction of sp³-hybridized carbons (Fsp3) is 0.316. The number of carbonyl (C=O) groups excluding carboxylic acids is 1. The molecule has 5 nitrogen and oxygen atoms in total. The van der Waals surface area contributed by atoms with Crippen molar-refractivity contribution in [1.82, 2.24) is 19.9 Å². The number of rotatable bonds is 3. The van der Waals surface area contributed by atoms with Crippen LogP contribution in [0.15, 0.2) is 42.9 Å². The molecule has 0 atom stereocenters. The highest BCUT2D eigenvalue weighted by Gasteiger charge is 2.24. The number of H-pyrrole nitrogens is 1. The number of fused-ring (bicyclic) bond motifs is 1. The van der Waals surface area contributed by atoms with Gasteiger partial charge in [-0.3, -0.25) is 4.79 Å². The Balaban J connectivity index is 1.56. The zero-order valence-electron chi connectivity index (χ0n) is 13.7. The number of carbonyl (C=O) groups is 1. The van der Waals surface area contributed by atoms with E-state index in [4.69, 9.17) is 0 Å². The van der Waals surface area contributed by atoms with Crippen LogP contribution in [0.2, 0.25) is 0 Å². The van der Waals surface area contributed by atoms with E-state index < -0.39 is 0 Å². The average Bonchev–Trinajstić information content (AvgIpc) is 3.31. The molecule has 1 amide bonds. The van der Waals surface area contributed by atoms with E-state index in [9.17, 15) is 4.79 Å². The third-order valence-electron chi connectivity index (χ3n) is 4.90. The molecule has 0 saturated heterocycles. The number of hydrogen-bond acceptors (Lipinski definition) is 3. The van der Waals surface area contributed by atoms with Gasteiger partial charge in [0.15, 0.2) is 5.82 Å². The molecule has 1 N–H and O–H groups in total. The molecular weight excluding hydrogens is 300 g/mol. The molecule has 5 heteroatoms. The first-order valence-corrected chi connectivity index (χ1v) is 8.39. The summed E-state index contributed by atoms with van der Waals surface area (Å²) in [6.45, 7) is 0. The highest BCUT2D eigenvalue weighted by molar-refractivity contribution is 5.94. The lowest BCUT2D eigenvalue weighted by Gasteiger charge is -2.24. The van der Waals surface area contributed by atoms with E-state index in [1.54, 1.807) is 12.4 Å². The minimum absolute atomic E-state index is 0.00883. The second-order valence-electron chi connectivity index (χ2n) is 6.43. The summed E-state index contributed by atoms with van der Waals surface area (Å²) in [5.41, 5.74) is 2.59. The van der Waals surface area contributed by atoms with Gasteiger partial charge in [0.1, 0.15) is 0 Å². The molecule has 122 valence electrons. The summed E-state index contributed by atoms with van der Waals surface area (Å²) in [7, 11) is 1.88. The maximum Gasteiger partial charge on any atom is 0.256 e. The summed E-state index contributed by atoms with van der Waals surface area (Å²) < 4.78 is 0. The van der Waals surface area contributed by atoms with Crippen LogP contribution in [-0.4, -0.2) is 38.8 Å². The van der Waals surface area contributed by atoms with E-state index >= 15 is 0 Å². The van der Waals surface area contributed by atoms with Crippen molar-refractivity contribution in [2.45, 2.75) is 31.7 Å². The van der Waals surface area contributed by atoms with E-state index in [-0.39, 0.29) is 5.91 Å². The Hall–Kier alpha value is -2.69. The Morgan fingerprint density at radius 2 is 1.92 bits per heavy atom. The number of hydrogen-bond donors (Lipinski definition) is 1. The first-order valence-electron chi connectivity index (χ1n) is 8.39. The van der Waals surface area contributed by atoms with E-state index in [0.717, 1.165) is 29.3 Å². The topological polar surface area (TPSA) is 61.9 Å². The van der Waals surface area contributed by atoms with Gasteiger partial charge in [0.25, 0.3) is 5.91 Å². The Morgan fingerprint density at radius 3 is 2.67 bits per heavy atom. The molecule has 0 unspecified atom stereocenters. The predicted molar refractivity (Wildman–Crippen MR) is 93.7 cm³/mol. The monoisotopic (exact) mass is 320 g/mol. The molecule has 3 aromatic rings. The minimum atomic E-state index is 0.00883. The maximum atomic E-state index is 12.6. The summed E-state index contributed by atoms with van der Waals surface area (Å²) in [5.74, 6) is 0.646. The van der Waals surface area contributed by atoms with Gasteiger partial charge in [-0.25, -0.2) is 9.97 Å². The van der Waals surface area contributed by atoms with Crippen LogP contribution in [0.25, 0.3) is 22.3 Å². The smallest absolute Gasteiger partial charge is 0.256 e. The number of aromatic amines is 1. The molecular formula is C19H20N4O. The van der Waals surface area contributed by atoms with Gasteiger partial charge >= 0.3 is 0 Å². The van der Waals surface area contributed by atoms with Crippen molar-refractivity contribution in [2.24, 2.45) is 0 Å². The Bertz CT molecular complexity index is 862. The molecule has 1 fully saturated rings. The molecule has 0 spiro atoms. The Morgan fingerprint density at radius 1 is 1.17 bits per heavy atom.